The fourth-order valence-electron chi connectivity index (χ4n) is 4.30. The van der Waals surface area contributed by atoms with E-state index in [1.165, 1.54) is 11.3 Å². The molecule has 186 valence electrons. The number of amides is 2. The number of benzene rings is 2. The van der Waals surface area contributed by atoms with Crippen LogP contribution >= 0.6 is 11.3 Å². The third-order valence-electron chi connectivity index (χ3n) is 6.06. The van der Waals surface area contributed by atoms with Gasteiger partial charge in [0.15, 0.2) is 0 Å². The minimum atomic E-state index is -0.429. The van der Waals surface area contributed by atoms with Gasteiger partial charge < -0.3 is 20.1 Å². The zero-order valence-electron chi connectivity index (χ0n) is 20.3. The highest BCUT2D eigenvalue weighted by molar-refractivity contribution is 7.16. The molecule has 6 nitrogen and oxygen atoms in total. The number of hydrogen-bond acceptors (Lipinski definition) is 5. The normalized spacial score (nSPS) is 14.3. The van der Waals surface area contributed by atoms with Crippen molar-refractivity contribution in [3.63, 3.8) is 0 Å². The van der Waals surface area contributed by atoms with Gasteiger partial charge in [0.05, 0.1) is 12.2 Å². The number of carbonyl (C=O) groups excluding carboxylic acids is 2. The van der Waals surface area contributed by atoms with E-state index >= 15 is 0 Å². The Labute approximate surface area is 216 Å². The van der Waals surface area contributed by atoms with Crippen molar-refractivity contribution < 1.29 is 19.1 Å². The number of aryl methyl sites for hydroxylation is 1. The number of nitrogens with one attached hydrogen (secondary N) is 2. The Bertz CT molecular complexity index is 1250. The average Bonchev–Trinajstić information content (AvgIpc) is 3.23. The van der Waals surface area contributed by atoms with Gasteiger partial charge in [-0.2, -0.15) is 0 Å². The van der Waals surface area contributed by atoms with Crippen LogP contribution in [0.2, 0.25) is 0 Å². The van der Waals surface area contributed by atoms with E-state index in [9.17, 15) is 9.59 Å². The van der Waals surface area contributed by atoms with Crippen LogP contribution in [0.3, 0.4) is 0 Å². The van der Waals surface area contributed by atoms with E-state index in [0.717, 1.165) is 32.9 Å². The molecule has 2 amide bonds. The molecule has 1 aromatic heterocycles. The highest BCUT2D eigenvalue weighted by Gasteiger charge is 2.28. The van der Waals surface area contributed by atoms with Crippen molar-refractivity contribution in [2.24, 2.45) is 0 Å². The van der Waals surface area contributed by atoms with Gasteiger partial charge in [0.1, 0.15) is 16.9 Å². The standard InChI is InChI=1S/C29H30N2O4S/c1-3-23-24-16-15-22(35-29(33)30-19-20-10-6-5-7-11-20)18-26(24)36-28(23)31-27(32)17-14-21-12-8-9-13-25(21)34-4-2/h1,5-13,22H,4,14-19H2,2H3,(H,30,33)(H,31,32). The average molecular weight is 503 g/mol. The minimum Gasteiger partial charge on any atom is -0.494 e. The Morgan fingerprint density at radius 1 is 1.14 bits per heavy atom. The molecule has 7 heteroatoms. The Morgan fingerprint density at radius 3 is 2.69 bits per heavy atom. The van der Waals surface area contributed by atoms with E-state index in [1.807, 2.05) is 61.5 Å². The number of alkyl carbamates (subject to hydrolysis) is 1. The number of carbonyl (C=O) groups is 2. The van der Waals surface area contributed by atoms with Gasteiger partial charge in [-0.25, -0.2) is 4.79 Å². The molecule has 2 aromatic carbocycles. The van der Waals surface area contributed by atoms with Crippen LogP contribution in [0.5, 0.6) is 5.75 Å². The van der Waals surface area contributed by atoms with E-state index in [2.05, 4.69) is 16.6 Å². The molecule has 0 aliphatic heterocycles. The van der Waals surface area contributed by atoms with Crippen LogP contribution < -0.4 is 15.4 Å². The second-order valence-corrected chi connectivity index (χ2v) is 9.66. The smallest absolute Gasteiger partial charge is 0.407 e. The molecule has 0 bridgehead atoms. The molecule has 3 aromatic rings. The molecule has 1 atom stereocenters. The van der Waals surface area contributed by atoms with Crippen molar-refractivity contribution in [2.45, 2.75) is 51.7 Å². The molecule has 1 aliphatic rings. The number of fused-ring (bicyclic) bond motifs is 1. The SMILES string of the molecule is C#Cc1c(NC(=O)CCc2ccccc2OCC)sc2c1CCC(OC(=O)NCc1ccccc1)C2. The quantitative estimate of drug-likeness (QED) is 0.380. The van der Waals surface area contributed by atoms with Crippen molar-refractivity contribution in [1.82, 2.24) is 5.32 Å². The number of rotatable bonds is 9. The van der Waals surface area contributed by atoms with Crippen LogP contribution in [0, 0.1) is 12.3 Å². The van der Waals surface area contributed by atoms with Crippen LogP contribution in [0.15, 0.2) is 54.6 Å². The molecule has 0 saturated carbocycles. The van der Waals surface area contributed by atoms with Gasteiger partial charge in [-0.3, -0.25) is 4.79 Å². The van der Waals surface area contributed by atoms with Gasteiger partial charge in [-0.15, -0.1) is 17.8 Å². The first-order chi connectivity index (χ1) is 17.6. The molecular weight excluding hydrogens is 472 g/mol. The summed E-state index contributed by atoms with van der Waals surface area (Å²) in [6, 6.07) is 17.5. The van der Waals surface area contributed by atoms with E-state index in [4.69, 9.17) is 15.9 Å². The topological polar surface area (TPSA) is 76.7 Å². The summed E-state index contributed by atoms with van der Waals surface area (Å²) in [5.74, 6) is 3.47. The first-order valence-electron chi connectivity index (χ1n) is 12.2. The van der Waals surface area contributed by atoms with Gasteiger partial charge in [-0.05, 0) is 48.9 Å². The number of anilines is 1. The fraction of sp³-hybridized carbons (Fsp3) is 0.310. The lowest BCUT2D eigenvalue weighted by Gasteiger charge is -2.22. The summed E-state index contributed by atoms with van der Waals surface area (Å²) in [6.07, 6.45) is 8.05. The maximum atomic E-state index is 12.7. The summed E-state index contributed by atoms with van der Waals surface area (Å²) in [6.45, 7) is 2.94. The van der Waals surface area contributed by atoms with Crippen LogP contribution in [-0.2, 0) is 35.3 Å². The van der Waals surface area contributed by atoms with Crippen LogP contribution in [0.1, 0.15) is 46.9 Å². The molecule has 4 rings (SSSR count). The lowest BCUT2D eigenvalue weighted by Crippen LogP contribution is -2.31. The second-order valence-electron chi connectivity index (χ2n) is 8.55. The van der Waals surface area contributed by atoms with Gasteiger partial charge in [-0.1, -0.05) is 54.5 Å². The molecule has 0 radical (unpaired) electrons. The molecule has 0 fully saturated rings. The predicted molar refractivity (Wildman–Crippen MR) is 142 cm³/mol. The molecule has 1 unspecified atom stereocenters. The summed E-state index contributed by atoms with van der Waals surface area (Å²) >= 11 is 1.48. The molecule has 0 saturated heterocycles. The summed E-state index contributed by atoms with van der Waals surface area (Å²) < 4.78 is 11.3. The van der Waals surface area contributed by atoms with Gasteiger partial charge >= 0.3 is 6.09 Å². The summed E-state index contributed by atoms with van der Waals surface area (Å²) in [7, 11) is 0. The zero-order valence-corrected chi connectivity index (χ0v) is 21.2. The highest BCUT2D eigenvalue weighted by Crippen LogP contribution is 2.38. The van der Waals surface area contributed by atoms with Crippen LogP contribution in [0.25, 0.3) is 0 Å². The van der Waals surface area contributed by atoms with Crippen molar-refractivity contribution in [3.8, 4) is 18.1 Å². The fourth-order valence-corrected chi connectivity index (χ4v) is 5.60. The Hall–Kier alpha value is -3.76. The van der Waals surface area contributed by atoms with Crippen molar-refractivity contribution in [3.05, 3.63) is 81.7 Å². The third kappa shape index (κ3) is 6.46. The number of ether oxygens (including phenoxy) is 2. The molecule has 2 N–H and O–H groups in total. The van der Waals surface area contributed by atoms with Gasteiger partial charge in [0, 0.05) is 24.3 Å². The molecule has 1 heterocycles. The lowest BCUT2D eigenvalue weighted by molar-refractivity contribution is -0.116. The minimum absolute atomic E-state index is 0.0931. The van der Waals surface area contributed by atoms with Gasteiger partial charge in [0.2, 0.25) is 5.91 Å². The van der Waals surface area contributed by atoms with Crippen molar-refractivity contribution in [2.75, 3.05) is 11.9 Å². The summed E-state index contributed by atoms with van der Waals surface area (Å²) in [4.78, 5) is 26.1. The maximum Gasteiger partial charge on any atom is 0.407 e. The van der Waals surface area contributed by atoms with Crippen LogP contribution in [0.4, 0.5) is 9.80 Å². The largest absolute Gasteiger partial charge is 0.494 e. The lowest BCUT2D eigenvalue weighted by atomic mass is 9.93. The zero-order chi connectivity index (χ0) is 25.3. The highest BCUT2D eigenvalue weighted by atomic mass is 32.1. The Morgan fingerprint density at radius 2 is 1.92 bits per heavy atom. The third-order valence-corrected chi connectivity index (χ3v) is 7.23. The summed E-state index contributed by atoms with van der Waals surface area (Å²) in [5, 5.41) is 6.51. The number of thiophene rings is 1. The van der Waals surface area contributed by atoms with Crippen molar-refractivity contribution >= 4 is 28.3 Å². The van der Waals surface area contributed by atoms with E-state index < -0.39 is 6.09 Å². The molecule has 36 heavy (non-hydrogen) atoms. The monoisotopic (exact) mass is 502 g/mol. The first-order valence-corrected chi connectivity index (χ1v) is 13.0. The Balaban J connectivity index is 1.33. The second kappa shape index (κ2) is 12.3. The van der Waals surface area contributed by atoms with E-state index in [1.54, 1.807) is 0 Å². The maximum absolute atomic E-state index is 12.7. The number of terminal acetylenes is 1. The number of hydrogen-bond donors (Lipinski definition) is 2. The van der Waals surface area contributed by atoms with Crippen molar-refractivity contribution in [1.29, 1.82) is 0 Å². The number of para-hydroxylation sites is 1. The van der Waals surface area contributed by atoms with E-state index in [0.29, 0.717) is 50.3 Å². The molecule has 1 aliphatic carbocycles. The van der Waals surface area contributed by atoms with Crippen LogP contribution in [-0.4, -0.2) is 24.7 Å². The van der Waals surface area contributed by atoms with Gasteiger partial charge in [0.25, 0.3) is 0 Å². The predicted octanol–water partition coefficient (Wildman–Crippen LogP) is 5.48. The first kappa shape index (κ1) is 25.3. The molecular formula is C29H30N2O4S. The summed E-state index contributed by atoms with van der Waals surface area (Å²) in [5.41, 5.74) is 3.83. The Kier molecular flexibility index (Phi) is 8.64. The van der Waals surface area contributed by atoms with E-state index in [-0.39, 0.29) is 12.0 Å². The molecule has 0 spiro atoms.